The fraction of sp³-hybridized carbons (Fsp3) is 0.300. The van der Waals surface area contributed by atoms with E-state index in [4.69, 9.17) is 0 Å². The van der Waals surface area contributed by atoms with Crippen molar-refractivity contribution in [1.29, 1.82) is 0 Å². The molecule has 2 heterocycles. The number of aryl methyl sites for hydroxylation is 2. The summed E-state index contributed by atoms with van der Waals surface area (Å²) in [5.74, 6) is 1.20. The molecule has 0 saturated heterocycles. The van der Waals surface area contributed by atoms with Crippen LogP contribution in [0.25, 0.3) is 0 Å². The van der Waals surface area contributed by atoms with E-state index >= 15 is 0 Å². The molecule has 0 fully saturated rings. The summed E-state index contributed by atoms with van der Waals surface area (Å²) >= 11 is 0. The van der Waals surface area contributed by atoms with Crippen LogP contribution < -0.4 is 10.9 Å². The smallest absolute Gasteiger partial charge is 0.293 e. The highest BCUT2D eigenvalue weighted by molar-refractivity contribution is 5.30. The van der Waals surface area contributed by atoms with Crippen LogP contribution in [0.2, 0.25) is 0 Å². The Labute approximate surface area is 92.6 Å². The Kier molecular flexibility index (Phi) is 2.72. The summed E-state index contributed by atoms with van der Waals surface area (Å²) in [7, 11) is 3.59. The predicted octanol–water partition coefficient (Wildman–Crippen LogP) is 0.126. The quantitative estimate of drug-likeness (QED) is 0.796. The molecule has 6 heteroatoms. The molecule has 6 nitrogen and oxygen atoms in total. The maximum atomic E-state index is 11.6. The summed E-state index contributed by atoms with van der Waals surface area (Å²) in [6.45, 7) is 0.482. The van der Waals surface area contributed by atoms with Gasteiger partial charge in [-0.3, -0.25) is 4.79 Å². The van der Waals surface area contributed by atoms with Crippen LogP contribution in [-0.4, -0.2) is 19.1 Å². The summed E-state index contributed by atoms with van der Waals surface area (Å²) in [6.07, 6.45) is 6.78. The molecule has 0 atom stereocenters. The molecule has 0 aliphatic heterocycles. The predicted molar refractivity (Wildman–Crippen MR) is 60.0 cm³/mol. The highest BCUT2D eigenvalue weighted by Crippen LogP contribution is 1.98. The average Bonchev–Trinajstić information content (AvgIpc) is 2.67. The third kappa shape index (κ3) is 1.95. The van der Waals surface area contributed by atoms with Crippen LogP contribution in [0.5, 0.6) is 0 Å². The van der Waals surface area contributed by atoms with Gasteiger partial charge in [-0.25, -0.2) is 9.97 Å². The molecule has 0 bridgehead atoms. The van der Waals surface area contributed by atoms with Gasteiger partial charge in [-0.05, 0) is 0 Å². The van der Waals surface area contributed by atoms with Crippen LogP contribution in [0.1, 0.15) is 5.82 Å². The number of nitrogens with zero attached hydrogens (tertiary/aromatic N) is 4. The lowest BCUT2D eigenvalue weighted by atomic mass is 10.5. The number of imidazole rings is 1. The van der Waals surface area contributed by atoms with Gasteiger partial charge >= 0.3 is 0 Å². The zero-order valence-electron chi connectivity index (χ0n) is 9.21. The largest absolute Gasteiger partial charge is 0.358 e. The zero-order valence-corrected chi connectivity index (χ0v) is 9.21. The molecule has 0 unspecified atom stereocenters. The van der Waals surface area contributed by atoms with Crippen molar-refractivity contribution < 1.29 is 0 Å². The van der Waals surface area contributed by atoms with Crippen LogP contribution in [0.15, 0.2) is 29.6 Å². The first-order valence-corrected chi connectivity index (χ1v) is 4.90. The molecule has 2 aromatic rings. The second-order valence-corrected chi connectivity index (χ2v) is 3.50. The Morgan fingerprint density at radius 1 is 1.19 bits per heavy atom. The molecular weight excluding hydrogens is 206 g/mol. The highest BCUT2D eigenvalue weighted by Gasteiger charge is 2.03. The van der Waals surface area contributed by atoms with Crippen molar-refractivity contribution in [2.75, 3.05) is 5.32 Å². The van der Waals surface area contributed by atoms with E-state index in [0.29, 0.717) is 12.4 Å². The van der Waals surface area contributed by atoms with E-state index in [-0.39, 0.29) is 5.56 Å². The normalized spacial score (nSPS) is 10.4. The maximum absolute atomic E-state index is 11.6. The Hall–Kier alpha value is -2.11. The van der Waals surface area contributed by atoms with Crippen molar-refractivity contribution in [3.8, 4) is 0 Å². The van der Waals surface area contributed by atoms with Crippen LogP contribution in [0.3, 0.4) is 0 Å². The summed E-state index contributed by atoms with van der Waals surface area (Å²) in [4.78, 5) is 19.8. The fourth-order valence-corrected chi connectivity index (χ4v) is 1.35. The zero-order chi connectivity index (χ0) is 11.5. The summed E-state index contributed by atoms with van der Waals surface area (Å²) in [6, 6.07) is 0. The first kappa shape index (κ1) is 10.4. The summed E-state index contributed by atoms with van der Waals surface area (Å²) in [5.41, 5.74) is -0.142. The Morgan fingerprint density at radius 2 is 1.88 bits per heavy atom. The van der Waals surface area contributed by atoms with Crippen molar-refractivity contribution in [3.05, 3.63) is 41.0 Å². The molecule has 2 rings (SSSR count). The standard InChI is InChI=1S/C10H13N5O/c1-14-5-3-11-8(14)7-13-9-10(16)15(2)6-4-12-9/h3-6H,7H2,1-2H3,(H,12,13). The van der Waals surface area contributed by atoms with Crippen molar-refractivity contribution in [1.82, 2.24) is 19.1 Å². The van der Waals surface area contributed by atoms with Gasteiger partial charge in [0.25, 0.3) is 5.56 Å². The lowest BCUT2D eigenvalue weighted by Crippen LogP contribution is -2.22. The van der Waals surface area contributed by atoms with Crippen molar-refractivity contribution in [2.24, 2.45) is 14.1 Å². The second kappa shape index (κ2) is 4.18. The number of hydrogen-bond donors (Lipinski definition) is 1. The molecule has 1 N–H and O–H groups in total. The van der Waals surface area contributed by atoms with E-state index in [1.807, 2.05) is 17.8 Å². The minimum Gasteiger partial charge on any atom is -0.358 e. The van der Waals surface area contributed by atoms with Gasteiger partial charge < -0.3 is 14.5 Å². The minimum atomic E-state index is -0.142. The minimum absolute atomic E-state index is 0.142. The van der Waals surface area contributed by atoms with Crippen LogP contribution in [0, 0.1) is 0 Å². The second-order valence-electron chi connectivity index (χ2n) is 3.50. The van der Waals surface area contributed by atoms with E-state index in [1.165, 1.54) is 4.57 Å². The number of anilines is 1. The summed E-state index contributed by atoms with van der Waals surface area (Å²) in [5, 5.41) is 2.97. The van der Waals surface area contributed by atoms with Gasteiger partial charge in [-0.1, -0.05) is 0 Å². The Bertz CT molecular complexity index is 542. The molecular formula is C10H13N5O. The topological polar surface area (TPSA) is 64.7 Å². The molecule has 84 valence electrons. The van der Waals surface area contributed by atoms with Crippen molar-refractivity contribution >= 4 is 5.82 Å². The number of aromatic nitrogens is 4. The molecule has 16 heavy (non-hydrogen) atoms. The lowest BCUT2D eigenvalue weighted by molar-refractivity contribution is 0.799. The molecule has 0 aliphatic carbocycles. The van der Waals surface area contributed by atoms with Gasteiger partial charge in [0.2, 0.25) is 0 Å². The maximum Gasteiger partial charge on any atom is 0.293 e. The highest BCUT2D eigenvalue weighted by atomic mass is 16.1. The molecule has 0 radical (unpaired) electrons. The fourth-order valence-electron chi connectivity index (χ4n) is 1.35. The van der Waals surface area contributed by atoms with Gasteiger partial charge in [0.05, 0.1) is 6.54 Å². The SMILES string of the molecule is Cn1ccnc1CNc1nccn(C)c1=O. The van der Waals surface area contributed by atoms with Gasteiger partial charge in [-0.15, -0.1) is 0 Å². The van der Waals surface area contributed by atoms with E-state index < -0.39 is 0 Å². The van der Waals surface area contributed by atoms with Gasteiger partial charge in [0.1, 0.15) is 5.82 Å². The number of hydrogen-bond acceptors (Lipinski definition) is 4. The number of nitrogens with one attached hydrogen (secondary N) is 1. The molecule has 0 aromatic carbocycles. The van der Waals surface area contributed by atoms with E-state index in [1.54, 1.807) is 25.6 Å². The third-order valence-corrected chi connectivity index (χ3v) is 2.35. The van der Waals surface area contributed by atoms with Gasteiger partial charge in [0.15, 0.2) is 5.82 Å². The van der Waals surface area contributed by atoms with Crippen LogP contribution in [0.4, 0.5) is 5.82 Å². The molecule has 2 aromatic heterocycles. The van der Waals surface area contributed by atoms with Gasteiger partial charge in [0, 0.05) is 38.9 Å². The first-order chi connectivity index (χ1) is 7.68. The first-order valence-electron chi connectivity index (χ1n) is 4.90. The molecule has 0 spiro atoms. The van der Waals surface area contributed by atoms with E-state index in [0.717, 1.165) is 5.82 Å². The third-order valence-electron chi connectivity index (χ3n) is 2.35. The molecule has 0 aliphatic rings. The van der Waals surface area contributed by atoms with Crippen LogP contribution in [-0.2, 0) is 20.6 Å². The average molecular weight is 219 g/mol. The van der Waals surface area contributed by atoms with Crippen molar-refractivity contribution in [3.63, 3.8) is 0 Å². The Balaban J connectivity index is 2.14. The van der Waals surface area contributed by atoms with Crippen LogP contribution >= 0.6 is 0 Å². The monoisotopic (exact) mass is 219 g/mol. The van der Waals surface area contributed by atoms with Crippen molar-refractivity contribution in [2.45, 2.75) is 6.54 Å². The Morgan fingerprint density at radius 3 is 2.56 bits per heavy atom. The van der Waals surface area contributed by atoms with E-state index in [2.05, 4.69) is 15.3 Å². The van der Waals surface area contributed by atoms with Gasteiger partial charge in [-0.2, -0.15) is 0 Å². The number of rotatable bonds is 3. The lowest BCUT2D eigenvalue weighted by Gasteiger charge is -2.05. The molecule has 0 amide bonds. The van der Waals surface area contributed by atoms with E-state index in [9.17, 15) is 4.79 Å². The summed E-state index contributed by atoms with van der Waals surface area (Å²) < 4.78 is 3.37. The molecule has 0 saturated carbocycles.